The molecule has 2 N–H and O–H groups in total. The van der Waals surface area contributed by atoms with E-state index in [0.29, 0.717) is 31.4 Å². The van der Waals surface area contributed by atoms with Gasteiger partial charge in [-0.2, -0.15) is 0 Å². The van der Waals surface area contributed by atoms with Crippen LogP contribution in [0.15, 0.2) is 18.2 Å². The lowest BCUT2D eigenvalue weighted by atomic mass is 9.99. The molecule has 0 spiro atoms. The summed E-state index contributed by atoms with van der Waals surface area (Å²) in [6, 6.07) is 5.76. The molecule has 2 fully saturated rings. The fourth-order valence-corrected chi connectivity index (χ4v) is 4.61. The Labute approximate surface area is 210 Å². The summed E-state index contributed by atoms with van der Waals surface area (Å²) in [6.45, 7) is 7.37. The van der Waals surface area contributed by atoms with Crippen molar-refractivity contribution in [2.45, 2.75) is 64.1 Å². The highest BCUT2D eigenvalue weighted by atomic mass is 16.5. The van der Waals surface area contributed by atoms with Gasteiger partial charge in [-0.25, -0.2) is 0 Å². The van der Waals surface area contributed by atoms with Crippen molar-refractivity contribution in [2.75, 3.05) is 51.8 Å². The molecule has 0 radical (unpaired) electrons. The van der Waals surface area contributed by atoms with E-state index < -0.39 is 6.04 Å². The quantitative estimate of drug-likeness (QED) is 0.436. The van der Waals surface area contributed by atoms with Gasteiger partial charge >= 0.3 is 0 Å². The van der Waals surface area contributed by atoms with Gasteiger partial charge in [0.15, 0.2) is 0 Å². The van der Waals surface area contributed by atoms with Crippen LogP contribution in [-0.2, 0) is 25.7 Å². The largest absolute Gasteiger partial charge is 0.378 e. The zero-order chi connectivity index (χ0) is 25.5. The van der Waals surface area contributed by atoms with Crippen LogP contribution in [-0.4, -0.2) is 82.9 Å². The lowest BCUT2D eigenvalue weighted by Gasteiger charge is -2.35. The van der Waals surface area contributed by atoms with Crippen molar-refractivity contribution in [3.8, 4) is 0 Å². The molecule has 2 saturated heterocycles. The molecule has 0 saturated carbocycles. The molecule has 8 heteroatoms. The van der Waals surface area contributed by atoms with Crippen LogP contribution in [0, 0.1) is 12.8 Å². The van der Waals surface area contributed by atoms with E-state index in [0.717, 1.165) is 75.0 Å². The summed E-state index contributed by atoms with van der Waals surface area (Å²) in [5.41, 5.74) is 3.25. The molecule has 0 aliphatic carbocycles. The summed E-state index contributed by atoms with van der Waals surface area (Å²) in [7, 11) is 3.75. The summed E-state index contributed by atoms with van der Waals surface area (Å²) in [4.78, 5) is 37.6. The summed E-state index contributed by atoms with van der Waals surface area (Å²) < 4.78 is 6.23. The summed E-state index contributed by atoms with van der Waals surface area (Å²) in [5, 5.41) is 6.15. The van der Waals surface area contributed by atoms with E-state index in [1.165, 1.54) is 17.7 Å². The van der Waals surface area contributed by atoms with Gasteiger partial charge in [-0.05, 0) is 95.4 Å². The van der Waals surface area contributed by atoms with E-state index in [1.807, 2.05) is 21.0 Å². The van der Waals surface area contributed by atoms with Crippen molar-refractivity contribution in [2.24, 2.45) is 5.92 Å². The lowest BCUT2D eigenvalue weighted by Crippen LogP contribution is -2.38. The van der Waals surface area contributed by atoms with Crippen LogP contribution < -0.4 is 15.5 Å². The molecule has 35 heavy (non-hydrogen) atoms. The Morgan fingerprint density at radius 2 is 1.83 bits per heavy atom. The highest BCUT2D eigenvalue weighted by Gasteiger charge is 2.23. The first kappa shape index (κ1) is 28.9. The monoisotopic (exact) mass is 488 g/mol. The molecule has 8 nitrogen and oxygen atoms in total. The Kier molecular flexibility index (Phi) is 13.6. The summed E-state index contributed by atoms with van der Waals surface area (Å²) in [5.74, 6) is 0.691. The third-order valence-electron chi connectivity index (χ3n) is 6.82. The summed E-state index contributed by atoms with van der Waals surface area (Å²) in [6.07, 6.45) is 7.67. The van der Waals surface area contributed by atoms with Gasteiger partial charge in [0.25, 0.3) is 0 Å². The molecule has 2 aliphatic rings. The van der Waals surface area contributed by atoms with Crippen LogP contribution in [0.4, 0.5) is 5.69 Å². The van der Waals surface area contributed by atoms with Crippen LogP contribution in [0.2, 0.25) is 0 Å². The van der Waals surface area contributed by atoms with Crippen molar-refractivity contribution in [3.63, 3.8) is 0 Å². The predicted molar refractivity (Wildman–Crippen MR) is 140 cm³/mol. The topological polar surface area (TPSA) is 91.0 Å². The summed E-state index contributed by atoms with van der Waals surface area (Å²) >= 11 is 0. The SMILES string of the molecule is CNC.Cc1ccc(N2CCC(OCC3CCNCC3)CC2)cc1CN(C=O)C(C=O)CCC=O. The van der Waals surface area contributed by atoms with Crippen LogP contribution in [0.25, 0.3) is 0 Å². The van der Waals surface area contributed by atoms with Crippen LogP contribution in [0.5, 0.6) is 0 Å². The number of carbonyl (C=O) groups excluding carboxylic acids is 3. The van der Waals surface area contributed by atoms with Crippen molar-refractivity contribution in [1.29, 1.82) is 0 Å². The van der Waals surface area contributed by atoms with E-state index in [1.54, 1.807) is 0 Å². The second kappa shape index (κ2) is 16.4. The smallest absolute Gasteiger partial charge is 0.210 e. The fraction of sp³-hybridized carbons (Fsp3) is 0.667. The minimum Gasteiger partial charge on any atom is -0.378 e. The number of nitrogens with one attached hydrogen (secondary N) is 2. The van der Waals surface area contributed by atoms with Gasteiger partial charge in [-0.3, -0.25) is 4.79 Å². The normalized spacial score (nSPS) is 17.7. The first-order chi connectivity index (χ1) is 17.1. The van der Waals surface area contributed by atoms with Crippen molar-refractivity contribution in [3.05, 3.63) is 29.3 Å². The standard InChI is InChI=1S/C25H37N3O4.C2H7N/c1-20-4-5-23(15-22(20)16-28(19-31)24(17-30)3-2-14-29)27-12-8-25(9-13-27)32-18-21-6-10-26-11-7-21;1-3-2/h4-5,14-15,17,19,21,24-26H,2-3,6-13,16,18H2,1H3;3H,1-2H3. The van der Waals surface area contributed by atoms with Gasteiger partial charge in [0.2, 0.25) is 6.41 Å². The molecule has 0 aromatic heterocycles. The number of piperidine rings is 2. The second-order valence-corrected chi connectivity index (χ2v) is 9.55. The average Bonchev–Trinajstić information content (AvgIpc) is 2.89. The number of anilines is 1. The van der Waals surface area contributed by atoms with Gasteiger partial charge in [0.05, 0.1) is 12.1 Å². The van der Waals surface area contributed by atoms with E-state index in [-0.39, 0.29) is 6.42 Å². The van der Waals surface area contributed by atoms with Crippen molar-refractivity contribution >= 4 is 24.7 Å². The first-order valence-corrected chi connectivity index (χ1v) is 12.9. The number of nitrogens with zero attached hydrogens (tertiary/aromatic N) is 2. The number of carbonyl (C=O) groups is 3. The van der Waals surface area contributed by atoms with Crippen LogP contribution in [0.3, 0.4) is 0 Å². The Morgan fingerprint density at radius 1 is 1.14 bits per heavy atom. The van der Waals surface area contributed by atoms with Gasteiger partial charge < -0.3 is 34.8 Å². The third-order valence-corrected chi connectivity index (χ3v) is 6.82. The van der Waals surface area contributed by atoms with Crippen LogP contribution in [0.1, 0.15) is 49.7 Å². The van der Waals surface area contributed by atoms with Gasteiger partial charge in [-0.1, -0.05) is 6.07 Å². The maximum absolute atomic E-state index is 11.6. The maximum atomic E-state index is 11.6. The molecular weight excluding hydrogens is 444 g/mol. The molecule has 2 heterocycles. The molecule has 1 amide bonds. The molecule has 196 valence electrons. The Hall–Kier alpha value is -2.29. The minimum absolute atomic E-state index is 0.265. The van der Waals surface area contributed by atoms with E-state index in [2.05, 4.69) is 33.7 Å². The molecule has 0 bridgehead atoms. The molecule has 1 unspecified atom stereocenters. The maximum Gasteiger partial charge on any atom is 0.210 e. The molecule has 1 aromatic carbocycles. The first-order valence-electron chi connectivity index (χ1n) is 12.9. The molecule has 1 aromatic rings. The molecule has 2 aliphatic heterocycles. The van der Waals surface area contributed by atoms with Gasteiger partial charge in [0.1, 0.15) is 12.6 Å². The van der Waals surface area contributed by atoms with Crippen molar-refractivity contribution in [1.82, 2.24) is 15.5 Å². The zero-order valence-electron chi connectivity index (χ0n) is 21.7. The lowest BCUT2D eigenvalue weighted by molar-refractivity contribution is -0.126. The number of amides is 1. The predicted octanol–water partition coefficient (Wildman–Crippen LogP) is 2.32. The zero-order valence-corrected chi connectivity index (χ0v) is 21.7. The molecule has 1 atom stereocenters. The Bertz CT molecular complexity index is 762. The van der Waals surface area contributed by atoms with Crippen molar-refractivity contribution < 1.29 is 19.1 Å². The highest BCUT2D eigenvalue weighted by molar-refractivity contribution is 5.65. The third kappa shape index (κ3) is 9.70. The number of hydrogen-bond donors (Lipinski definition) is 2. The van der Waals surface area contributed by atoms with E-state index >= 15 is 0 Å². The number of aryl methyl sites for hydroxylation is 1. The average molecular weight is 489 g/mol. The highest BCUT2D eigenvalue weighted by Crippen LogP contribution is 2.26. The van der Waals surface area contributed by atoms with Crippen LogP contribution >= 0.6 is 0 Å². The van der Waals surface area contributed by atoms with E-state index in [4.69, 9.17) is 4.74 Å². The Balaban J connectivity index is 0.00000137. The van der Waals surface area contributed by atoms with Gasteiger partial charge in [-0.15, -0.1) is 0 Å². The molecular formula is C27H44N4O4. The Morgan fingerprint density at radius 3 is 2.43 bits per heavy atom. The number of benzene rings is 1. The van der Waals surface area contributed by atoms with Gasteiger partial charge in [0, 0.05) is 38.3 Å². The number of hydrogen-bond acceptors (Lipinski definition) is 7. The minimum atomic E-state index is -0.575. The number of ether oxygens (including phenoxy) is 1. The second-order valence-electron chi connectivity index (χ2n) is 9.55. The number of rotatable bonds is 12. The fourth-order valence-electron chi connectivity index (χ4n) is 4.61. The number of aldehydes is 2. The molecule has 3 rings (SSSR count). The van der Waals surface area contributed by atoms with E-state index in [9.17, 15) is 14.4 Å².